The van der Waals surface area contributed by atoms with Crippen molar-refractivity contribution >= 4 is 11.9 Å². The molecule has 1 aliphatic heterocycles. The number of carboxylic acid groups (broad SMARTS) is 1. The summed E-state index contributed by atoms with van der Waals surface area (Å²) in [6, 6.07) is 12.9. The van der Waals surface area contributed by atoms with Gasteiger partial charge in [-0.1, -0.05) is 30.3 Å². The first-order valence-corrected chi connectivity index (χ1v) is 8.30. The highest BCUT2D eigenvalue weighted by molar-refractivity contribution is 6.00. The van der Waals surface area contributed by atoms with Crippen LogP contribution in [-0.4, -0.2) is 35.0 Å². The lowest BCUT2D eigenvalue weighted by Gasteiger charge is -2.27. The van der Waals surface area contributed by atoms with Gasteiger partial charge in [0.1, 0.15) is 0 Å². The Kier molecular flexibility index (Phi) is 4.65. The van der Waals surface area contributed by atoms with Crippen molar-refractivity contribution < 1.29 is 14.7 Å². The van der Waals surface area contributed by atoms with Gasteiger partial charge < -0.3 is 10.0 Å². The number of rotatable bonds is 3. The highest BCUT2D eigenvalue weighted by Crippen LogP contribution is 2.28. The molecule has 0 unspecified atom stereocenters. The lowest BCUT2D eigenvalue weighted by Crippen LogP contribution is -2.35. The Morgan fingerprint density at radius 3 is 2.29 bits per heavy atom. The zero-order valence-electron chi connectivity index (χ0n) is 13.8. The summed E-state index contributed by atoms with van der Waals surface area (Å²) < 4.78 is 0. The van der Waals surface area contributed by atoms with E-state index in [1.54, 1.807) is 6.92 Å². The number of likely N-dealkylation sites (tertiary alicyclic amines) is 1. The van der Waals surface area contributed by atoms with Gasteiger partial charge in [0, 0.05) is 18.7 Å². The average molecular weight is 323 g/mol. The van der Waals surface area contributed by atoms with Crippen LogP contribution in [-0.2, 0) is 0 Å². The van der Waals surface area contributed by atoms with Gasteiger partial charge >= 0.3 is 5.97 Å². The molecule has 1 N–H and O–H groups in total. The smallest absolute Gasteiger partial charge is 0.335 e. The summed E-state index contributed by atoms with van der Waals surface area (Å²) in [6.07, 6.45) is 3.16. The number of carboxylic acids is 1. The van der Waals surface area contributed by atoms with Crippen LogP contribution in [0, 0.1) is 6.92 Å². The van der Waals surface area contributed by atoms with Crippen molar-refractivity contribution in [2.75, 3.05) is 13.1 Å². The first kappa shape index (κ1) is 16.2. The van der Waals surface area contributed by atoms with Gasteiger partial charge in [-0.2, -0.15) is 0 Å². The number of piperidine rings is 1. The zero-order valence-corrected chi connectivity index (χ0v) is 13.8. The van der Waals surface area contributed by atoms with E-state index in [9.17, 15) is 14.7 Å². The highest BCUT2D eigenvalue weighted by Gasteiger charge is 2.22. The minimum atomic E-state index is -1.00. The number of nitrogens with zero attached hydrogens (tertiary/aromatic N) is 1. The molecule has 0 aliphatic carbocycles. The van der Waals surface area contributed by atoms with E-state index in [2.05, 4.69) is 0 Å². The number of benzene rings is 2. The van der Waals surface area contributed by atoms with E-state index in [1.165, 1.54) is 6.07 Å². The second-order valence-corrected chi connectivity index (χ2v) is 6.22. The Morgan fingerprint density at radius 2 is 1.67 bits per heavy atom. The molecule has 0 bridgehead atoms. The molecule has 2 aromatic rings. The van der Waals surface area contributed by atoms with Gasteiger partial charge in [0.15, 0.2) is 0 Å². The maximum atomic E-state index is 12.8. The molecular formula is C20H21NO3. The van der Waals surface area contributed by atoms with Crippen molar-refractivity contribution in [3.05, 3.63) is 59.2 Å². The summed E-state index contributed by atoms with van der Waals surface area (Å²) in [6.45, 7) is 3.28. The molecule has 1 fully saturated rings. The number of hydrogen-bond donors (Lipinski definition) is 1. The van der Waals surface area contributed by atoms with E-state index in [-0.39, 0.29) is 11.5 Å². The Hall–Kier alpha value is -2.62. The third-order valence-electron chi connectivity index (χ3n) is 4.61. The molecule has 0 atom stereocenters. The predicted molar refractivity (Wildman–Crippen MR) is 93.3 cm³/mol. The highest BCUT2D eigenvalue weighted by atomic mass is 16.4. The second kappa shape index (κ2) is 6.87. The molecule has 24 heavy (non-hydrogen) atoms. The van der Waals surface area contributed by atoms with Crippen LogP contribution >= 0.6 is 0 Å². The monoisotopic (exact) mass is 323 g/mol. The summed E-state index contributed by atoms with van der Waals surface area (Å²) in [4.78, 5) is 26.3. The SMILES string of the molecule is Cc1c(C(=O)O)cc(C(=O)N2CCCCC2)cc1-c1ccccc1. The van der Waals surface area contributed by atoms with Gasteiger partial charge in [-0.25, -0.2) is 4.79 Å². The van der Waals surface area contributed by atoms with Crippen LogP contribution in [0.15, 0.2) is 42.5 Å². The van der Waals surface area contributed by atoms with Crippen LogP contribution in [0.3, 0.4) is 0 Å². The van der Waals surface area contributed by atoms with Gasteiger partial charge in [0.2, 0.25) is 0 Å². The predicted octanol–water partition coefficient (Wildman–Crippen LogP) is 3.99. The summed E-state index contributed by atoms with van der Waals surface area (Å²) in [5.41, 5.74) is 3.06. The number of aromatic carboxylic acids is 1. The maximum Gasteiger partial charge on any atom is 0.335 e. The summed E-state index contributed by atoms with van der Waals surface area (Å²) in [5, 5.41) is 9.53. The standard InChI is InChI=1S/C20H21NO3/c1-14-17(15-8-4-2-5-9-15)12-16(13-18(14)20(23)24)19(22)21-10-6-3-7-11-21/h2,4-5,8-9,12-13H,3,6-7,10-11H2,1H3,(H,23,24). The normalized spacial score (nSPS) is 14.5. The molecule has 0 radical (unpaired) electrons. The molecule has 1 saturated heterocycles. The number of amides is 1. The van der Waals surface area contributed by atoms with Gasteiger partial charge in [0.05, 0.1) is 5.56 Å². The minimum Gasteiger partial charge on any atom is -0.478 e. The van der Waals surface area contributed by atoms with E-state index < -0.39 is 5.97 Å². The third-order valence-corrected chi connectivity index (χ3v) is 4.61. The molecule has 2 aromatic carbocycles. The Labute approximate surface area is 141 Å². The first-order chi connectivity index (χ1) is 11.6. The van der Waals surface area contributed by atoms with Crippen LogP contribution in [0.25, 0.3) is 11.1 Å². The molecule has 0 aromatic heterocycles. The molecule has 3 rings (SSSR count). The van der Waals surface area contributed by atoms with Crippen molar-refractivity contribution in [1.29, 1.82) is 0 Å². The van der Waals surface area contributed by atoms with E-state index >= 15 is 0 Å². The molecule has 124 valence electrons. The van der Waals surface area contributed by atoms with E-state index in [4.69, 9.17) is 0 Å². The van der Waals surface area contributed by atoms with Crippen molar-refractivity contribution in [2.24, 2.45) is 0 Å². The molecule has 1 aliphatic rings. The maximum absolute atomic E-state index is 12.8. The lowest BCUT2D eigenvalue weighted by atomic mass is 9.93. The van der Waals surface area contributed by atoms with Crippen molar-refractivity contribution in [3.8, 4) is 11.1 Å². The fourth-order valence-corrected chi connectivity index (χ4v) is 3.26. The third kappa shape index (κ3) is 3.18. The number of carbonyl (C=O) groups excluding carboxylic acids is 1. The average Bonchev–Trinajstić information content (AvgIpc) is 2.62. The largest absolute Gasteiger partial charge is 0.478 e. The van der Waals surface area contributed by atoms with Gasteiger partial charge in [-0.15, -0.1) is 0 Å². The summed E-state index contributed by atoms with van der Waals surface area (Å²) in [7, 11) is 0. The fraction of sp³-hybridized carbons (Fsp3) is 0.300. The first-order valence-electron chi connectivity index (χ1n) is 8.30. The molecule has 1 heterocycles. The Morgan fingerprint density at radius 1 is 1.00 bits per heavy atom. The van der Waals surface area contributed by atoms with Crippen molar-refractivity contribution in [3.63, 3.8) is 0 Å². The van der Waals surface area contributed by atoms with Gasteiger partial charge in [-0.05, 0) is 55.0 Å². The summed E-state index contributed by atoms with van der Waals surface area (Å²) >= 11 is 0. The van der Waals surface area contributed by atoms with Crippen molar-refractivity contribution in [2.45, 2.75) is 26.2 Å². The second-order valence-electron chi connectivity index (χ2n) is 6.22. The van der Waals surface area contributed by atoms with Crippen LogP contribution in [0.4, 0.5) is 0 Å². The zero-order chi connectivity index (χ0) is 17.1. The van der Waals surface area contributed by atoms with Crippen LogP contribution in [0.1, 0.15) is 45.5 Å². The fourth-order valence-electron chi connectivity index (χ4n) is 3.26. The van der Waals surface area contributed by atoms with E-state index in [1.807, 2.05) is 41.3 Å². The summed E-state index contributed by atoms with van der Waals surface area (Å²) in [5.74, 6) is -1.08. The molecule has 0 saturated carbocycles. The van der Waals surface area contributed by atoms with E-state index in [0.717, 1.165) is 43.5 Å². The number of hydrogen-bond acceptors (Lipinski definition) is 2. The van der Waals surface area contributed by atoms with Crippen LogP contribution < -0.4 is 0 Å². The van der Waals surface area contributed by atoms with Crippen molar-refractivity contribution in [1.82, 2.24) is 4.90 Å². The Balaban J connectivity index is 2.08. The van der Waals surface area contributed by atoms with Gasteiger partial charge in [-0.3, -0.25) is 4.79 Å². The topological polar surface area (TPSA) is 57.6 Å². The van der Waals surface area contributed by atoms with E-state index in [0.29, 0.717) is 11.1 Å². The number of carbonyl (C=O) groups is 2. The lowest BCUT2D eigenvalue weighted by molar-refractivity contribution is 0.0696. The van der Waals surface area contributed by atoms with Gasteiger partial charge in [0.25, 0.3) is 5.91 Å². The minimum absolute atomic E-state index is 0.0746. The van der Waals surface area contributed by atoms with Crippen LogP contribution in [0.5, 0.6) is 0 Å². The molecule has 4 nitrogen and oxygen atoms in total. The van der Waals surface area contributed by atoms with Crippen LogP contribution in [0.2, 0.25) is 0 Å². The Bertz CT molecular complexity index is 762. The molecule has 0 spiro atoms. The molecular weight excluding hydrogens is 302 g/mol. The quantitative estimate of drug-likeness (QED) is 0.929. The molecule has 1 amide bonds. The molecule has 4 heteroatoms.